The van der Waals surface area contributed by atoms with E-state index in [-0.39, 0.29) is 12.5 Å². The third-order valence-corrected chi connectivity index (χ3v) is 3.52. The molecule has 3 aromatic heterocycles. The van der Waals surface area contributed by atoms with Gasteiger partial charge >= 0.3 is 0 Å². The number of rotatable bonds is 5. The second kappa shape index (κ2) is 6.67. The van der Waals surface area contributed by atoms with E-state index in [1.807, 2.05) is 13.8 Å². The van der Waals surface area contributed by atoms with Gasteiger partial charge in [0.15, 0.2) is 5.82 Å². The molecule has 0 radical (unpaired) electrons. The largest absolute Gasteiger partial charge is 0.372 e. The van der Waals surface area contributed by atoms with Crippen LogP contribution < -0.4 is 16.2 Å². The van der Waals surface area contributed by atoms with Crippen LogP contribution in [0.15, 0.2) is 29.5 Å². The summed E-state index contributed by atoms with van der Waals surface area (Å²) in [4.78, 5) is 32.5. The molecule has 0 aromatic carbocycles. The van der Waals surface area contributed by atoms with Crippen LogP contribution in [0.5, 0.6) is 0 Å². The molecule has 0 bridgehead atoms. The molecule has 0 aliphatic rings. The summed E-state index contributed by atoms with van der Waals surface area (Å²) in [5.74, 6) is 1.12. The van der Waals surface area contributed by atoms with Crippen molar-refractivity contribution in [3.63, 3.8) is 0 Å². The summed E-state index contributed by atoms with van der Waals surface area (Å²) in [6.45, 7) is 3.66. The van der Waals surface area contributed by atoms with E-state index in [1.54, 1.807) is 19.2 Å². The average Bonchev–Trinajstić information content (AvgIpc) is 3.02. The zero-order chi connectivity index (χ0) is 18.0. The molecule has 25 heavy (non-hydrogen) atoms. The lowest BCUT2D eigenvalue weighted by Gasteiger charge is -2.11. The smallest absolute Gasteiger partial charge is 0.293 e. The first-order valence-electron chi connectivity index (χ1n) is 7.74. The van der Waals surface area contributed by atoms with Crippen molar-refractivity contribution in [1.82, 2.24) is 29.4 Å². The molecule has 3 rings (SSSR count). The van der Waals surface area contributed by atoms with Gasteiger partial charge in [0.1, 0.15) is 30.0 Å². The van der Waals surface area contributed by atoms with Crippen LogP contribution in [0.4, 0.5) is 11.6 Å². The Morgan fingerprint density at radius 1 is 1.28 bits per heavy atom. The van der Waals surface area contributed by atoms with Crippen molar-refractivity contribution < 1.29 is 4.79 Å². The van der Waals surface area contributed by atoms with Gasteiger partial charge in [-0.05, 0) is 6.07 Å². The molecule has 1 amide bonds. The molecule has 0 fully saturated rings. The Morgan fingerprint density at radius 3 is 2.72 bits per heavy atom. The quantitative estimate of drug-likeness (QED) is 0.692. The molecule has 3 heterocycles. The normalized spacial score (nSPS) is 11.0. The summed E-state index contributed by atoms with van der Waals surface area (Å²) in [6.07, 6.45) is 2.84. The van der Waals surface area contributed by atoms with Crippen LogP contribution in [0, 0.1) is 0 Å². The predicted molar refractivity (Wildman–Crippen MR) is 91.5 cm³/mol. The number of hydrogen-bond acceptors (Lipinski definition) is 7. The second-order valence-corrected chi connectivity index (χ2v) is 5.70. The fourth-order valence-electron chi connectivity index (χ4n) is 2.32. The number of nitrogens with one attached hydrogen (secondary N) is 2. The van der Waals surface area contributed by atoms with Gasteiger partial charge in [-0.3, -0.25) is 9.59 Å². The Bertz CT molecular complexity index is 961. The fraction of sp³-hybridized carbons (Fsp3) is 0.333. The van der Waals surface area contributed by atoms with Gasteiger partial charge in [-0.25, -0.2) is 19.2 Å². The molecule has 0 atom stereocenters. The highest BCUT2D eigenvalue weighted by Crippen LogP contribution is 2.14. The van der Waals surface area contributed by atoms with Gasteiger partial charge in [0, 0.05) is 25.2 Å². The van der Waals surface area contributed by atoms with Crippen LogP contribution in [-0.4, -0.2) is 42.3 Å². The van der Waals surface area contributed by atoms with Crippen molar-refractivity contribution in [2.24, 2.45) is 0 Å². The van der Waals surface area contributed by atoms with Crippen LogP contribution in [-0.2, 0) is 11.3 Å². The fourth-order valence-corrected chi connectivity index (χ4v) is 2.32. The first kappa shape index (κ1) is 16.6. The SMILES string of the molecule is CNc1cc2c(=O)n(CC(=O)Nc3ccncn3)nc(C(C)C)n2n1. The molecule has 3 aromatic rings. The third-order valence-electron chi connectivity index (χ3n) is 3.52. The number of carbonyl (C=O) groups is 1. The Kier molecular flexibility index (Phi) is 4.42. The minimum Gasteiger partial charge on any atom is -0.372 e. The van der Waals surface area contributed by atoms with Gasteiger partial charge in [-0.2, -0.15) is 5.10 Å². The standard InChI is InChI=1S/C15H18N8O2/c1-9(2)14-21-22(7-13(24)19-11-4-5-17-8-18-11)15(25)10-6-12(16-3)20-23(10)14/h4-6,8-9H,7H2,1-3H3,(H,16,20)(H,17,18,19,24). The van der Waals surface area contributed by atoms with Crippen molar-refractivity contribution in [2.75, 3.05) is 17.7 Å². The number of anilines is 2. The Balaban J connectivity index is 1.97. The topological polar surface area (TPSA) is 119 Å². The van der Waals surface area contributed by atoms with Crippen molar-refractivity contribution >= 4 is 23.1 Å². The number of carbonyl (C=O) groups excluding carboxylic acids is 1. The highest BCUT2D eigenvalue weighted by atomic mass is 16.2. The summed E-state index contributed by atoms with van der Waals surface area (Å²) >= 11 is 0. The molecule has 0 spiro atoms. The zero-order valence-electron chi connectivity index (χ0n) is 14.1. The highest BCUT2D eigenvalue weighted by molar-refractivity contribution is 5.89. The van der Waals surface area contributed by atoms with E-state index in [0.29, 0.717) is 23.0 Å². The second-order valence-electron chi connectivity index (χ2n) is 5.70. The van der Waals surface area contributed by atoms with E-state index in [4.69, 9.17) is 0 Å². The summed E-state index contributed by atoms with van der Waals surface area (Å²) in [5, 5.41) is 14.1. The van der Waals surface area contributed by atoms with Crippen LogP contribution in [0.1, 0.15) is 25.6 Å². The summed E-state index contributed by atoms with van der Waals surface area (Å²) < 4.78 is 2.65. The van der Waals surface area contributed by atoms with Gasteiger partial charge in [0.25, 0.3) is 5.56 Å². The number of hydrogen-bond donors (Lipinski definition) is 2. The van der Waals surface area contributed by atoms with E-state index in [9.17, 15) is 9.59 Å². The number of amides is 1. The van der Waals surface area contributed by atoms with Crippen LogP contribution >= 0.6 is 0 Å². The average molecular weight is 342 g/mol. The zero-order valence-corrected chi connectivity index (χ0v) is 14.1. The summed E-state index contributed by atoms with van der Waals surface area (Å²) in [5.41, 5.74) is -0.0332. The van der Waals surface area contributed by atoms with Crippen molar-refractivity contribution in [1.29, 1.82) is 0 Å². The minimum atomic E-state index is -0.402. The third kappa shape index (κ3) is 3.32. The van der Waals surface area contributed by atoms with E-state index in [1.165, 1.54) is 17.0 Å². The molecule has 130 valence electrons. The molecule has 10 nitrogen and oxygen atoms in total. The molecule has 0 aliphatic carbocycles. The monoisotopic (exact) mass is 342 g/mol. The number of aromatic nitrogens is 6. The molecule has 2 N–H and O–H groups in total. The van der Waals surface area contributed by atoms with Gasteiger partial charge in [0.2, 0.25) is 5.91 Å². The van der Waals surface area contributed by atoms with Gasteiger partial charge < -0.3 is 10.6 Å². The Hall–Kier alpha value is -3.30. The lowest BCUT2D eigenvalue weighted by Crippen LogP contribution is -2.32. The summed E-state index contributed by atoms with van der Waals surface area (Å²) in [6, 6.07) is 3.20. The molecule has 0 aliphatic heterocycles. The van der Waals surface area contributed by atoms with Gasteiger partial charge in [-0.1, -0.05) is 13.8 Å². The Labute approximate surface area is 142 Å². The van der Waals surface area contributed by atoms with E-state index in [0.717, 1.165) is 4.68 Å². The Morgan fingerprint density at radius 2 is 2.08 bits per heavy atom. The number of fused-ring (bicyclic) bond motifs is 1. The van der Waals surface area contributed by atoms with Gasteiger partial charge in [0.05, 0.1) is 0 Å². The predicted octanol–water partition coefficient (Wildman–Crippen LogP) is 0.485. The van der Waals surface area contributed by atoms with E-state index in [2.05, 4.69) is 30.8 Å². The number of nitrogens with zero attached hydrogens (tertiary/aromatic N) is 6. The van der Waals surface area contributed by atoms with Crippen molar-refractivity contribution in [3.8, 4) is 0 Å². The lowest BCUT2D eigenvalue weighted by molar-refractivity contribution is -0.117. The first-order chi connectivity index (χ1) is 12.0. The van der Waals surface area contributed by atoms with E-state index >= 15 is 0 Å². The van der Waals surface area contributed by atoms with Gasteiger partial charge in [-0.15, -0.1) is 5.10 Å². The molecule has 0 saturated carbocycles. The molecule has 10 heteroatoms. The maximum atomic E-state index is 12.6. The minimum absolute atomic E-state index is 0.0175. The maximum absolute atomic E-state index is 12.6. The molecular formula is C15H18N8O2. The maximum Gasteiger partial charge on any atom is 0.293 e. The molecule has 0 unspecified atom stereocenters. The lowest BCUT2D eigenvalue weighted by atomic mass is 10.2. The molecular weight excluding hydrogens is 324 g/mol. The van der Waals surface area contributed by atoms with Crippen molar-refractivity contribution in [3.05, 3.63) is 40.8 Å². The van der Waals surface area contributed by atoms with Crippen LogP contribution in [0.3, 0.4) is 0 Å². The summed E-state index contributed by atoms with van der Waals surface area (Å²) in [7, 11) is 1.72. The van der Waals surface area contributed by atoms with E-state index < -0.39 is 11.5 Å². The van der Waals surface area contributed by atoms with Crippen LogP contribution in [0.25, 0.3) is 5.52 Å². The molecule has 0 saturated heterocycles. The first-order valence-corrected chi connectivity index (χ1v) is 7.74. The van der Waals surface area contributed by atoms with Crippen LogP contribution in [0.2, 0.25) is 0 Å². The van der Waals surface area contributed by atoms with Crippen molar-refractivity contribution in [2.45, 2.75) is 26.3 Å². The highest BCUT2D eigenvalue weighted by Gasteiger charge is 2.17.